The zero-order valence-corrected chi connectivity index (χ0v) is 20.3. The molecule has 0 radical (unpaired) electrons. The van der Waals surface area contributed by atoms with Crippen molar-refractivity contribution in [3.05, 3.63) is 65.4 Å². The Morgan fingerprint density at radius 3 is 2.55 bits per heavy atom. The summed E-state index contributed by atoms with van der Waals surface area (Å²) in [4.78, 5) is 29.0. The van der Waals surface area contributed by atoms with Crippen LogP contribution in [0.25, 0.3) is 0 Å². The molecule has 0 bridgehead atoms. The molecular formula is C28H34N2O3. The maximum atomic E-state index is 13.7. The van der Waals surface area contributed by atoms with Gasteiger partial charge in [-0.15, -0.1) is 0 Å². The average molecular weight is 447 g/mol. The number of Topliss-reactive ketones (excluding diaryl/α,β-unsaturated/α-hetero) is 1. The van der Waals surface area contributed by atoms with Crippen molar-refractivity contribution in [3.8, 4) is 5.75 Å². The highest BCUT2D eigenvalue weighted by molar-refractivity contribution is 6.06. The first-order chi connectivity index (χ1) is 15.8. The van der Waals surface area contributed by atoms with Gasteiger partial charge in [-0.3, -0.25) is 14.5 Å². The van der Waals surface area contributed by atoms with Crippen molar-refractivity contribution in [1.82, 2.24) is 0 Å². The van der Waals surface area contributed by atoms with Crippen LogP contribution in [0, 0.1) is 5.41 Å². The van der Waals surface area contributed by atoms with Crippen molar-refractivity contribution >= 4 is 23.1 Å². The Bertz CT molecular complexity index is 1100. The van der Waals surface area contributed by atoms with E-state index >= 15 is 0 Å². The Morgan fingerprint density at radius 2 is 1.82 bits per heavy atom. The van der Waals surface area contributed by atoms with Gasteiger partial charge in [0.1, 0.15) is 5.75 Å². The van der Waals surface area contributed by atoms with Crippen LogP contribution in [0.15, 0.2) is 59.8 Å². The molecule has 0 unspecified atom stereocenters. The summed E-state index contributed by atoms with van der Waals surface area (Å²) in [5.41, 5.74) is 3.90. The van der Waals surface area contributed by atoms with Gasteiger partial charge in [0.25, 0.3) is 0 Å². The number of amides is 1. The first-order valence-corrected chi connectivity index (χ1v) is 12.0. The second kappa shape index (κ2) is 9.05. The smallest absolute Gasteiger partial charge is 0.227 e. The number of carbonyl (C=O) groups excluding carboxylic acids is 2. The molecule has 1 aliphatic carbocycles. The molecule has 0 spiro atoms. The largest absolute Gasteiger partial charge is 0.490 e. The van der Waals surface area contributed by atoms with Crippen LogP contribution in [0.1, 0.15) is 71.9 Å². The summed E-state index contributed by atoms with van der Waals surface area (Å²) in [6.07, 6.45) is 2.40. The molecule has 4 rings (SSSR count). The van der Waals surface area contributed by atoms with Gasteiger partial charge in [0.2, 0.25) is 5.91 Å². The van der Waals surface area contributed by atoms with Crippen LogP contribution in [-0.4, -0.2) is 17.8 Å². The normalized spacial score (nSPS) is 20.3. The number of nitrogens with one attached hydrogen (secondary N) is 1. The van der Waals surface area contributed by atoms with Crippen molar-refractivity contribution < 1.29 is 14.3 Å². The summed E-state index contributed by atoms with van der Waals surface area (Å²) in [6, 6.07) is 15.1. The number of hydrogen-bond donors (Lipinski definition) is 1. The van der Waals surface area contributed by atoms with Crippen molar-refractivity contribution in [3.63, 3.8) is 0 Å². The highest BCUT2D eigenvalue weighted by Gasteiger charge is 2.43. The quantitative estimate of drug-likeness (QED) is 0.576. The highest BCUT2D eigenvalue weighted by Crippen LogP contribution is 2.49. The maximum Gasteiger partial charge on any atom is 0.227 e. The number of para-hydroxylation sites is 3. The molecule has 1 N–H and O–H groups in total. The molecule has 0 aromatic heterocycles. The van der Waals surface area contributed by atoms with Gasteiger partial charge in [-0.2, -0.15) is 0 Å². The van der Waals surface area contributed by atoms with Gasteiger partial charge in [-0.05, 0) is 43.4 Å². The van der Waals surface area contributed by atoms with Crippen LogP contribution in [-0.2, 0) is 9.59 Å². The Balaban J connectivity index is 2.00. The minimum Gasteiger partial charge on any atom is -0.490 e. The second-order valence-corrected chi connectivity index (χ2v) is 9.87. The van der Waals surface area contributed by atoms with E-state index in [-0.39, 0.29) is 23.2 Å². The summed E-state index contributed by atoms with van der Waals surface area (Å²) < 4.78 is 6.30. The van der Waals surface area contributed by atoms with E-state index in [9.17, 15) is 9.59 Å². The lowest BCUT2D eigenvalue weighted by Crippen LogP contribution is -2.39. The topological polar surface area (TPSA) is 58.6 Å². The lowest BCUT2D eigenvalue weighted by molar-refractivity contribution is -0.119. The summed E-state index contributed by atoms with van der Waals surface area (Å²) in [6.45, 7) is 10.2. The number of allylic oxidation sites excluding steroid dienone is 1. The van der Waals surface area contributed by atoms with Crippen LogP contribution in [0.4, 0.5) is 11.4 Å². The number of hydrogen-bond acceptors (Lipinski definition) is 4. The zero-order chi connectivity index (χ0) is 23.8. The maximum absolute atomic E-state index is 13.7. The van der Waals surface area contributed by atoms with Gasteiger partial charge >= 0.3 is 0 Å². The predicted molar refractivity (Wildman–Crippen MR) is 132 cm³/mol. The van der Waals surface area contributed by atoms with E-state index in [0.29, 0.717) is 18.4 Å². The van der Waals surface area contributed by atoms with Crippen molar-refractivity contribution in [2.75, 3.05) is 10.2 Å². The van der Waals surface area contributed by atoms with E-state index in [1.54, 1.807) is 4.90 Å². The van der Waals surface area contributed by atoms with E-state index in [1.165, 1.54) is 0 Å². The van der Waals surface area contributed by atoms with Gasteiger partial charge in [0.15, 0.2) is 5.78 Å². The fourth-order valence-corrected chi connectivity index (χ4v) is 4.84. The van der Waals surface area contributed by atoms with Crippen LogP contribution in [0.5, 0.6) is 5.75 Å². The Morgan fingerprint density at radius 1 is 1.12 bits per heavy atom. The van der Waals surface area contributed by atoms with E-state index in [4.69, 9.17) is 4.74 Å². The number of benzene rings is 2. The predicted octanol–water partition coefficient (Wildman–Crippen LogP) is 6.42. The van der Waals surface area contributed by atoms with Crippen molar-refractivity contribution in [2.45, 2.75) is 72.4 Å². The third-order valence-corrected chi connectivity index (χ3v) is 6.59. The van der Waals surface area contributed by atoms with E-state index in [1.807, 2.05) is 62.4 Å². The SMILES string of the molecule is CCC(=O)N1c2ccccc2NC2=C(C(=O)CC(C)(C)C2)[C@H]1c1ccccc1O[C@H](C)CC. The van der Waals surface area contributed by atoms with Gasteiger partial charge in [-0.25, -0.2) is 0 Å². The minimum absolute atomic E-state index is 0.0205. The number of rotatable bonds is 5. The Kier molecular flexibility index (Phi) is 6.33. The second-order valence-electron chi connectivity index (χ2n) is 9.87. The third-order valence-electron chi connectivity index (χ3n) is 6.59. The zero-order valence-electron chi connectivity index (χ0n) is 20.3. The first-order valence-electron chi connectivity index (χ1n) is 12.0. The fraction of sp³-hybridized carbons (Fsp3) is 0.429. The van der Waals surface area contributed by atoms with Crippen molar-refractivity contribution in [2.24, 2.45) is 5.41 Å². The molecule has 1 aliphatic heterocycles. The third kappa shape index (κ3) is 4.41. The standard InChI is InChI=1S/C28H34N2O3/c1-6-18(3)33-24-15-11-8-12-19(24)27-26-21(16-28(4,5)17-23(26)31)29-20-13-9-10-14-22(20)30(27)25(32)7-2/h8-15,18,27,29H,6-7,16-17H2,1-5H3/t18-,27-/m1/s1. The summed E-state index contributed by atoms with van der Waals surface area (Å²) >= 11 is 0. The Hall–Kier alpha value is -3.08. The number of ketones is 1. The van der Waals surface area contributed by atoms with Crippen LogP contribution < -0.4 is 15.0 Å². The molecule has 2 aromatic rings. The molecule has 1 heterocycles. The number of carbonyl (C=O) groups is 2. The minimum atomic E-state index is -0.549. The van der Waals surface area contributed by atoms with Crippen LogP contribution in [0.2, 0.25) is 0 Å². The van der Waals surface area contributed by atoms with Crippen molar-refractivity contribution in [1.29, 1.82) is 0 Å². The van der Waals surface area contributed by atoms with Gasteiger partial charge in [0, 0.05) is 29.7 Å². The molecule has 2 atom stereocenters. The number of fused-ring (bicyclic) bond motifs is 1. The molecule has 2 aromatic carbocycles. The number of ether oxygens (including phenoxy) is 1. The molecular weight excluding hydrogens is 412 g/mol. The first kappa shape index (κ1) is 23.1. The molecule has 0 fully saturated rings. The number of anilines is 2. The molecule has 174 valence electrons. The van der Waals surface area contributed by atoms with Gasteiger partial charge in [-0.1, -0.05) is 58.0 Å². The average Bonchev–Trinajstić information content (AvgIpc) is 2.92. The summed E-state index contributed by atoms with van der Waals surface area (Å²) in [5, 5.41) is 3.55. The number of nitrogens with zero attached hydrogens (tertiary/aromatic N) is 1. The molecule has 0 saturated carbocycles. The van der Waals surface area contributed by atoms with Crippen LogP contribution in [0.3, 0.4) is 0 Å². The lowest BCUT2D eigenvalue weighted by Gasteiger charge is -2.37. The van der Waals surface area contributed by atoms with Gasteiger partial charge in [0.05, 0.1) is 23.5 Å². The lowest BCUT2D eigenvalue weighted by atomic mass is 9.73. The van der Waals surface area contributed by atoms with E-state index in [0.717, 1.165) is 41.2 Å². The molecule has 5 nitrogen and oxygen atoms in total. The fourth-order valence-electron chi connectivity index (χ4n) is 4.84. The highest BCUT2D eigenvalue weighted by atomic mass is 16.5. The van der Waals surface area contributed by atoms with E-state index in [2.05, 4.69) is 26.1 Å². The Labute approximate surface area is 196 Å². The van der Waals surface area contributed by atoms with E-state index < -0.39 is 6.04 Å². The molecule has 0 saturated heterocycles. The molecule has 2 aliphatic rings. The molecule has 5 heteroatoms. The molecule has 33 heavy (non-hydrogen) atoms. The summed E-state index contributed by atoms with van der Waals surface area (Å²) in [5.74, 6) is 0.771. The monoisotopic (exact) mass is 446 g/mol. The molecule has 1 amide bonds. The summed E-state index contributed by atoms with van der Waals surface area (Å²) in [7, 11) is 0. The van der Waals surface area contributed by atoms with Crippen LogP contribution >= 0.6 is 0 Å². The van der Waals surface area contributed by atoms with Gasteiger partial charge < -0.3 is 10.1 Å².